The highest BCUT2D eigenvalue weighted by Gasteiger charge is 2.44. The van der Waals surface area contributed by atoms with Gasteiger partial charge in [0.2, 0.25) is 0 Å². The zero-order valence-electron chi connectivity index (χ0n) is 28.5. The van der Waals surface area contributed by atoms with Gasteiger partial charge in [-0.1, -0.05) is 56.3 Å². The lowest BCUT2D eigenvalue weighted by molar-refractivity contribution is 0.122. The van der Waals surface area contributed by atoms with E-state index >= 15 is 4.39 Å². The predicted molar refractivity (Wildman–Crippen MR) is 195 cm³/mol. The first-order valence-corrected chi connectivity index (χ1v) is 17.7. The summed E-state index contributed by atoms with van der Waals surface area (Å²) in [5.41, 5.74) is 7.62. The van der Waals surface area contributed by atoms with Crippen molar-refractivity contribution in [3.05, 3.63) is 130 Å². The highest BCUT2D eigenvalue weighted by molar-refractivity contribution is 6.08. The molecule has 0 aromatic heterocycles. The van der Waals surface area contributed by atoms with Gasteiger partial charge in [-0.2, -0.15) is 0 Å². The third-order valence-corrected chi connectivity index (χ3v) is 11.1. The maximum absolute atomic E-state index is 15.2. The van der Waals surface area contributed by atoms with Gasteiger partial charge in [-0.15, -0.1) is 0 Å². The summed E-state index contributed by atoms with van der Waals surface area (Å²) in [5.74, 6) is 0.0325. The van der Waals surface area contributed by atoms with Crippen LogP contribution in [0.5, 0.6) is 5.75 Å². The van der Waals surface area contributed by atoms with Gasteiger partial charge in [-0.05, 0) is 88.7 Å². The molecular weight excluding hydrogens is 630 g/mol. The number of rotatable bonds is 4. The summed E-state index contributed by atoms with van der Waals surface area (Å²) in [6.45, 7) is 10.7. The number of nitrogens with zero attached hydrogens (tertiary/aromatic N) is 2. The van der Waals surface area contributed by atoms with Crippen LogP contribution in [-0.4, -0.2) is 52.6 Å². The number of ether oxygens (including phenoxy) is 3. The number of hydrogen-bond donors (Lipinski definition) is 0. The Morgan fingerprint density at radius 1 is 0.640 bits per heavy atom. The van der Waals surface area contributed by atoms with E-state index in [1.165, 1.54) is 12.1 Å². The molecule has 0 amide bonds. The van der Waals surface area contributed by atoms with Crippen molar-refractivity contribution in [2.75, 3.05) is 62.4 Å². The molecule has 0 bridgehead atoms. The summed E-state index contributed by atoms with van der Waals surface area (Å²) >= 11 is 0. The summed E-state index contributed by atoms with van der Waals surface area (Å²) in [7, 11) is 0. The first-order valence-electron chi connectivity index (χ1n) is 17.7. The largest absolute Gasteiger partial charge is 0.472 e. The second-order valence-corrected chi connectivity index (χ2v) is 14.3. The van der Waals surface area contributed by atoms with Gasteiger partial charge in [-0.25, -0.2) is 8.78 Å². The molecule has 0 saturated carbocycles. The minimum absolute atomic E-state index is 0.267. The Bertz CT molecular complexity index is 2130. The van der Waals surface area contributed by atoms with E-state index in [1.54, 1.807) is 12.1 Å². The van der Waals surface area contributed by atoms with Crippen LogP contribution in [0, 0.1) is 11.6 Å². The van der Waals surface area contributed by atoms with Crippen LogP contribution in [0.25, 0.3) is 28.0 Å². The fraction of sp³-hybridized carbons (Fsp3) is 0.302. The highest BCUT2D eigenvalue weighted by Crippen LogP contribution is 2.58. The molecule has 1 unspecified atom stereocenters. The number of halogens is 2. The lowest BCUT2D eigenvalue weighted by Crippen LogP contribution is -2.37. The maximum Gasteiger partial charge on any atom is 0.178 e. The van der Waals surface area contributed by atoms with E-state index in [9.17, 15) is 4.39 Å². The van der Waals surface area contributed by atoms with Crippen molar-refractivity contribution in [2.45, 2.75) is 31.3 Å². The van der Waals surface area contributed by atoms with Gasteiger partial charge in [0.05, 0.1) is 19.8 Å². The van der Waals surface area contributed by atoms with Gasteiger partial charge in [0.25, 0.3) is 0 Å². The molecule has 5 aromatic rings. The lowest BCUT2D eigenvalue weighted by atomic mass is 9.76. The van der Waals surface area contributed by atoms with Gasteiger partial charge in [0.1, 0.15) is 17.4 Å². The van der Waals surface area contributed by atoms with E-state index in [1.807, 2.05) is 12.1 Å². The molecule has 0 N–H and O–H groups in total. The van der Waals surface area contributed by atoms with Gasteiger partial charge in [0, 0.05) is 71.7 Å². The van der Waals surface area contributed by atoms with E-state index in [-0.39, 0.29) is 11.6 Å². The molecule has 0 radical (unpaired) electrons. The van der Waals surface area contributed by atoms with E-state index in [2.05, 4.69) is 84.3 Å². The SMILES string of the molecule is CC1(C)c2cc(F)ccc2-c2c1c1c(c3cc(F)ccc23)OC(c2ccc(N3CCCOCC3)cc2)(c2ccc(N3CCOCC3)cc2)C=C1. The monoisotopic (exact) mass is 670 g/mol. The van der Waals surface area contributed by atoms with E-state index in [0.717, 1.165) is 94.9 Å². The van der Waals surface area contributed by atoms with Gasteiger partial charge < -0.3 is 24.0 Å². The van der Waals surface area contributed by atoms with E-state index in [4.69, 9.17) is 14.2 Å². The first kappa shape index (κ1) is 31.3. The summed E-state index contributed by atoms with van der Waals surface area (Å²) in [6, 6.07) is 27.2. The lowest BCUT2D eigenvalue weighted by Gasteiger charge is -2.39. The standard InChI is InChI=1S/C43H40F2N2O3/c1-42(2)38-27-31(45)9-15-35(38)39-34-14-8-30(44)26-37(34)41-36(40(39)42)16-17-43(50-41,29-6-12-33(13-7-29)47-20-24-49-25-21-47)28-4-10-32(11-5-28)46-18-3-22-48-23-19-46/h4-17,26-27H,3,18-25H2,1-2H3. The Hall–Kier alpha value is -4.72. The summed E-state index contributed by atoms with van der Waals surface area (Å²) < 4.78 is 48.6. The Labute approximate surface area is 291 Å². The molecule has 3 heterocycles. The zero-order chi connectivity index (χ0) is 34.0. The molecule has 50 heavy (non-hydrogen) atoms. The summed E-state index contributed by atoms with van der Waals surface area (Å²) in [6.07, 6.45) is 5.30. The smallest absolute Gasteiger partial charge is 0.178 e. The number of anilines is 2. The molecule has 5 aromatic carbocycles. The molecule has 7 heteroatoms. The molecule has 2 saturated heterocycles. The Morgan fingerprint density at radius 2 is 1.24 bits per heavy atom. The molecule has 5 nitrogen and oxygen atoms in total. The Kier molecular flexibility index (Phi) is 7.48. The molecule has 1 atom stereocenters. The van der Waals surface area contributed by atoms with Crippen LogP contribution in [0.15, 0.2) is 91.0 Å². The van der Waals surface area contributed by atoms with Crippen LogP contribution in [-0.2, 0) is 20.5 Å². The van der Waals surface area contributed by atoms with Crippen LogP contribution < -0.4 is 14.5 Å². The van der Waals surface area contributed by atoms with Crippen LogP contribution in [0.4, 0.5) is 20.2 Å². The van der Waals surface area contributed by atoms with Gasteiger partial charge in [-0.3, -0.25) is 0 Å². The molecule has 1 aliphatic carbocycles. The van der Waals surface area contributed by atoms with Crippen molar-refractivity contribution in [3.8, 4) is 16.9 Å². The molecule has 9 rings (SSSR count). The van der Waals surface area contributed by atoms with Crippen molar-refractivity contribution in [1.29, 1.82) is 0 Å². The predicted octanol–water partition coefficient (Wildman–Crippen LogP) is 8.84. The van der Waals surface area contributed by atoms with E-state index < -0.39 is 11.0 Å². The Morgan fingerprint density at radius 3 is 1.92 bits per heavy atom. The molecule has 0 spiro atoms. The average molecular weight is 671 g/mol. The average Bonchev–Trinajstić information content (AvgIpc) is 3.30. The Balaban J connectivity index is 1.23. The van der Waals surface area contributed by atoms with Crippen molar-refractivity contribution in [1.82, 2.24) is 0 Å². The molecule has 4 aliphatic rings. The second-order valence-electron chi connectivity index (χ2n) is 14.3. The molecule has 3 aliphatic heterocycles. The fourth-order valence-electron chi connectivity index (χ4n) is 8.57. The normalized spacial score (nSPS) is 21.0. The summed E-state index contributed by atoms with van der Waals surface area (Å²) in [4.78, 5) is 4.71. The highest BCUT2D eigenvalue weighted by atomic mass is 19.1. The van der Waals surface area contributed by atoms with Crippen LogP contribution in [0.1, 0.15) is 48.1 Å². The molecule has 254 valence electrons. The van der Waals surface area contributed by atoms with Crippen LogP contribution >= 0.6 is 0 Å². The van der Waals surface area contributed by atoms with Crippen LogP contribution in [0.3, 0.4) is 0 Å². The van der Waals surface area contributed by atoms with Crippen molar-refractivity contribution >= 4 is 28.2 Å². The molecular formula is C43H40F2N2O3. The van der Waals surface area contributed by atoms with Gasteiger partial charge in [0.15, 0.2) is 5.60 Å². The molecule has 2 fully saturated rings. The maximum atomic E-state index is 15.2. The van der Waals surface area contributed by atoms with Gasteiger partial charge >= 0.3 is 0 Å². The quantitative estimate of drug-likeness (QED) is 0.191. The third-order valence-electron chi connectivity index (χ3n) is 11.1. The third kappa shape index (κ3) is 4.93. The number of fused-ring (bicyclic) bond motifs is 8. The van der Waals surface area contributed by atoms with Crippen molar-refractivity contribution in [2.24, 2.45) is 0 Å². The van der Waals surface area contributed by atoms with Crippen molar-refractivity contribution < 1.29 is 23.0 Å². The topological polar surface area (TPSA) is 34.2 Å². The number of morpholine rings is 1. The zero-order valence-corrected chi connectivity index (χ0v) is 28.5. The van der Waals surface area contributed by atoms with E-state index in [0.29, 0.717) is 31.0 Å². The van der Waals surface area contributed by atoms with Crippen molar-refractivity contribution in [3.63, 3.8) is 0 Å². The van der Waals surface area contributed by atoms with Crippen LogP contribution in [0.2, 0.25) is 0 Å². The minimum atomic E-state index is -0.994. The number of benzene rings is 5. The second kappa shape index (κ2) is 12.0. The fourth-order valence-corrected chi connectivity index (χ4v) is 8.57. The first-order chi connectivity index (χ1) is 24.3. The number of hydrogen-bond acceptors (Lipinski definition) is 5. The minimum Gasteiger partial charge on any atom is -0.472 e. The summed E-state index contributed by atoms with van der Waals surface area (Å²) in [5, 5.41) is 1.59.